The fourth-order valence-corrected chi connectivity index (χ4v) is 4.08. The van der Waals surface area contributed by atoms with Crippen LogP contribution in [0.3, 0.4) is 0 Å². The number of halogens is 1. The Hall–Kier alpha value is -2.79. The SMILES string of the molecule is COc1ccc(COc2ccc3c(c2Cl)CC(C)(C)c2c(N)ncnc2-3)cc1. The van der Waals surface area contributed by atoms with Gasteiger partial charge in [0.1, 0.15) is 30.3 Å². The zero-order chi connectivity index (χ0) is 19.9. The van der Waals surface area contributed by atoms with Gasteiger partial charge in [-0.1, -0.05) is 37.6 Å². The van der Waals surface area contributed by atoms with Gasteiger partial charge < -0.3 is 15.2 Å². The van der Waals surface area contributed by atoms with Crippen molar-refractivity contribution in [3.05, 3.63) is 64.4 Å². The summed E-state index contributed by atoms with van der Waals surface area (Å²) in [4.78, 5) is 8.67. The minimum atomic E-state index is -0.216. The fraction of sp³-hybridized carbons (Fsp3) is 0.273. The van der Waals surface area contributed by atoms with E-state index in [-0.39, 0.29) is 5.41 Å². The molecule has 6 heteroatoms. The first kappa shape index (κ1) is 18.6. The Morgan fingerprint density at radius 2 is 1.86 bits per heavy atom. The Kier molecular flexibility index (Phi) is 4.63. The van der Waals surface area contributed by atoms with Gasteiger partial charge in [0.2, 0.25) is 0 Å². The summed E-state index contributed by atoms with van der Waals surface area (Å²) in [6.07, 6.45) is 2.24. The van der Waals surface area contributed by atoms with Crippen molar-refractivity contribution in [2.45, 2.75) is 32.3 Å². The topological polar surface area (TPSA) is 70.3 Å². The number of hydrogen-bond donors (Lipinski definition) is 1. The minimum absolute atomic E-state index is 0.216. The zero-order valence-electron chi connectivity index (χ0n) is 16.1. The van der Waals surface area contributed by atoms with Crippen LogP contribution in [-0.4, -0.2) is 17.1 Å². The van der Waals surface area contributed by atoms with Crippen LogP contribution in [0.1, 0.15) is 30.5 Å². The van der Waals surface area contributed by atoms with E-state index in [4.69, 9.17) is 26.8 Å². The number of benzene rings is 2. The van der Waals surface area contributed by atoms with Gasteiger partial charge in [0.05, 0.1) is 17.8 Å². The molecule has 3 aromatic rings. The second kappa shape index (κ2) is 6.99. The Labute approximate surface area is 169 Å². The lowest BCUT2D eigenvalue weighted by atomic mass is 9.72. The van der Waals surface area contributed by atoms with Crippen molar-refractivity contribution >= 4 is 17.4 Å². The first-order valence-electron chi connectivity index (χ1n) is 9.09. The van der Waals surface area contributed by atoms with Crippen molar-refractivity contribution in [2.75, 3.05) is 12.8 Å². The first-order valence-corrected chi connectivity index (χ1v) is 9.47. The van der Waals surface area contributed by atoms with Crippen LogP contribution in [0.25, 0.3) is 11.3 Å². The number of rotatable bonds is 4. The largest absolute Gasteiger partial charge is 0.497 e. The maximum Gasteiger partial charge on any atom is 0.138 e. The average molecular weight is 396 g/mol. The third-order valence-corrected chi connectivity index (χ3v) is 5.60. The van der Waals surface area contributed by atoms with Crippen molar-refractivity contribution in [2.24, 2.45) is 0 Å². The molecular weight excluding hydrogens is 374 g/mol. The van der Waals surface area contributed by atoms with Gasteiger partial charge in [-0.05, 0) is 47.2 Å². The highest BCUT2D eigenvalue weighted by Gasteiger charge is 2.36. The Bertz CT molecular complexity index is 1030. The van der Waals surface area contributed by atoms with Gasteiger partial charge in [-0.15, -0.1) is 0 Å². The molecule has 0 amide bonds. The summed E-state index contributed by atoms with van der Waals surface area (Å²) in [5.41, 5.74) is 10.8. The average Bonchev–Trinajstić information content (AvgIpc) is 2.68. The standard InChI is InChI=1S/C22H22ClN3O2/c1-22(2)10-16-15(20-18(22)21(24)26-12-25-20)8-9-17(19(16)23)28-11-13-4-6-14(27-3)7-5-13/h4-9,12H,10-11H2,1-3H3,(H2,24,25,26). The molecule has 28 heavy (non-hydrogen) atoms. The monoisotopic (exact) mass is 395 g/mol. The van der Waals surface area contributed by atoms with E-state index < -0.39 is 0 Å². The van der Waals surface area contributed by atoms with Crippen molar-refractivity contribution in [3.8, 4) is 22.8 Å². The van der Waals surface area contributed by atoms with E-state index in [0.717, 1.165) is 40.1 Å². The van der Waals surface area contributed by atoms with Gasteiger partial charge >= 0.3 is 0 Å². The summed E-state index contributed by atoms with van der Waals surface area (Å²) in [7, 11) is 1.65. The summed E-state index contributed by atoms with van der Waals surface area (Å²) in [5, 5.41) is 0.627. The van der Waals surface area contributed by atoms with E-state index in [1.807, 2.05) is 36.4 Å². The maximum absolute atomic E-state index is 6.75. The molecule has 144 valence electrons. The molecule has 1 aromatic heterocycles. The summed E-state index contributed by atoms with van der Waals surface area (Å²) < 4.78 is 11.2. The molecule has 2 aromatic carbocycles. The van der Waals surface area contributed by atoms with E-state index in [1.54, 1.807) is 7.11 Å². The van der Waals surface area contributed by atoms with Gasteiger partial charge in [-0.25, -0.2) is 9.97 Å². The molecule has 1 aliphatic carbocycles. The predicted octanol–water partition coefficient (Wildman–Crippen LogP) is 4.80. The van der Waals surface area contributed by atoms with Crippen molar-refractivity contribution in [1.29, 1.82) is 0 Å². The van der Waals surface area contributed by atoms with Crippen LogP contribution >= 0.6 is 11.6 Å². The quantitative estimate of drug-likeness (QED) is 0.687. The molecule has 0 spiro atoms. The number of methoxy groups -OCH3 is 1. The first-order chi connectivity index (χ1) is 13.4. The Morgan fingerprint density at radius 1 is 1.11 bits per heavy atom. The molecule has 0 aliphatic heterocycles. The molecule has 1 heterocycles. The maximum atomic E-state index is 6.75. The lowest BCUT2D eigenvalue weighted by Crippen LogP contribution is -2.28. The predicted molar refractivity (Wildman–Crippen MR) is 111 cm³/mol. The molecule has 0 radical (unpaired) electrons. The molecule has 1 aliphatic rings. The number of nitrogens with two attached hydrogens (primary N) is 1. The summed E-state index contributed by atoms with van der Waals surface area (Å²) in [6.45, 7) is 4.70. The van der Waals surface area contributed by atoms with Crippen LogP contribution in [0.4, 0.5) is 5.82 Å². The smallest absolute Gasteiger partial charge is 0.138 e. The van der Waals surface area contributed by atoms with Crippen LogP contribution in [0.2, 0.25) is 5.02 Å². The van der Waals surface area contributed by atoms with Gasteiger partial charge in [-0.3, -0.25) is 0 Å². The minimum Gasteiger partial charge on any atom is -0.497 e. The van der Waals surface area contributed by atoms with Gasteiger partial charge in [0.25, 0.3) is 0 Å². The molecule has 0 saturated carbocycles. The molecule has 5 nitrogen and oxygen atoms in total. The van der Waals surface area contributed by atoms with Crippen LogP contribution in [0, 0.1) is 0 Å². The van der Waals surface area contributed by atoms with E-state index >= 15 is 0 Å². The summed E-state index contributed by atoms with van der Waals surface area (Å²) in [5.74, 6) is 2.01. The molecule has 0 saturated heterocycles. The van der Waals surface area contributed by atoms with E-state index in [0.29, 0.717) is 23.2 Å². The number of fused-ring (bicyclic) bond motifs is 3. The van der Waals surface area contributed by atoms with Crippen LogP contribution < -0.4 is 15.2 Å². The third kappa shape index (κ3) is 3.16. The zero-order valence-corrected chi connectivity index (χ0v) is 16.9. The lowest BCUT2D eigenvalue weighted by molar-refractivity contribution is 0.305. The fourth-order valence-electron chi connectivity index (χ4n) is 3.79. The van der Waals surface area contributed by atoms with E-state index in [9.17, 15) is 0 Å². The molecule has 2 N–H and O–H groups in total. The lowest BCUT2D eigenvalue weighted by Gasteiger charge is -2.34. The summed E-state index contributed by atoms with van der Waals surface area (Å²) >= 11 is 6.75. The van der Waals surface area contributed by atoms with Gasteiger partial charge in [0.15, 0.2) is 0 Å². The molecule has 0 unspecified atom stereocenters. The molecule has 0 atom stereocenters. The number of nitrogen functional groups attached to an aromatic ring is 1. The number of ether oxygens (including phenoxy) is 2. The van der Waals surface area contributed by atoms with Crippen molar-refractivity contribution in [3.63, 3.8) is 0 Å². The van der Waals surface area contributed by atoms with Gasteiger partial charge in [-0.2, -0.15) is 0 Å². The normalized spacial score (nSPS) is 14.1. The Balaban J connectivity index is 1.67. The summed E-state index contributed by atoms with van der Waals surface area (Å²) in [6, 6.07) is 11.7. The highest BCUT2D eigenvalue weighted by Crippen LogP contribution is 2.48. The van der Waals surface area contributed by atoms with Crippen molar-refractivity contribution < 1.29 is 9.47 Å². The van der Waals surface area contributed by atoms with Gasteiger partial charge in [0, 0.05) is 11.1 Å². The highest BCUT2D eigenvalue weighted by molar-refractivity contribution is 6.33. The highest BCUT2D eigenvalue weighted by atomic mass is 35.5. The number of aromatic nitrogens is 2. The number of hydrogen-bond acceptors (Lipinski definition) is 5. The van der Waals surface area contributed by atoms with Crippen LogP contribution in [0.5, 0.6) is 11.5 Å². The number of anilines is 1. The van der Waals surface area contributed by atoms with E-state index in [2.05, 4.69) is 23.8 Å². The molecular formula is C22H22ClN3O2. The molecule has 0 fully saturated rings. The van der Waals surface area contributed by atoms with Crippen LogP contribution in [-0.2, 0) is 18.4 Å². The second-order valence-corrected chi connectivity index (χ2v) is 7.96. The van der Waals surface area contributed by atoms with Crippen LogP contribution in [0.15, 0.2) is 42.7 Å². The van der Waals surface area contributed by atoms with Crippen molar-refractivity contribution in [1.82, 2.24) is 9.97 Å². The Morgan fingerprint density at radius 3 is 2.57 bits per heavy atom. The molecule has 4 rings (SSSR count). The van der Waals surface area contributed by atoms with E-state index in [1.165, 1.54) is 6.33 Å². The molecule has 0 bridgehead atoms. The number of nitrogens with zero attached hydrogens (tertiary/aromatic N) is 2. The third-order valence-electron chi connectivity index (χ3n) is 5.19. The second-order valence-electron chi connectivity index (χ2n) is 7.58.